The first-order valence-corrected chi connectivity index (χ1v) is 10.0. The third-order valence-electron chi connectivity index (χ3n) is 4.68. The minimum atomic E-state index is -0.348. The van der Waals surface area contributed by atoms with E-state index < -0.39 is 0 Å². The Kier molecular flexibility index (Phi) is 7.82. The summed E-state index contributed by atoms with van der Waals surface area (Å²) in [6.07, 6.45) is 2.39. The van der Waals surface area contributed by atoms with E-state index in [1.807, 2.05) is 95.9 Å². The van der Waals surface area contributed by atoms with E-state index in [9.17, 15) is 10.1 Å². The van der Waals surface area contributed by atoms with Crippen LogP contribution in [0, 0.1) is 11.3 Å². The summed E-state index contributed by atoms with van der Waals surface area (Å²) in [7, 11) is 0. The van der Waals surface area contributed by atoms with Gasteiger partial charge in [0.2, 0.25) is 0 Å². The standard InChI is InChI=1S/C26H25N3O/c27-18-25(26(30)28-17-16-22-10-4-1-5-11-22)21-29(19-23-12-6-2-7-13-23)20-24-14-8-3-9-15-24/h1-15,21H,16-17,19-20H2,(H,28,30)/b25-21-. The molecule has 0 heterocycles. The van der Waals surface area contributed by atoms with E-state index >= 15 is 0 Å². The van der Waals surface area contributed by atoms with E-state index in [1.165, 1.54) is 0 Å². The molecule has 1 amide bonds. The summed E-state index contributed by atoms with van der Waals surface area (Å²) in [6.45, 7) is 1.70. The van der Waals surface area contributed by atoms with Gasteiger partial charge in [0.05, 0.1) is 0 Å². The van der Waals surface area contributed by atoms with Crippen LogP contribution in [0.4, 0.5) is 0 Å². The normalized spacial score (nSPS) is 10.8. The first-order chi connectivity index (χ1) is 14.7. The molecular formula is C26H25N3O. The second kappa shape index (κ2) is 11.2. The molecule has 0 fully saturated rings. The highest BCUT2D eigenvalue weighted by atomic mass is 16.1. The van der Waals surface area contributed by atoms with Crippen molar-refractivity contribution < 1.29 is 4.79 Å². The molecular weight excluding hydrogens is 370 g/mol. The van der Waals surface area contributed by atoms with Crippen molar-refractivity contribution in [2.75, 3.05) is 6.54 Å². The van der Waals surface area contributed by atoms with Crippen LogP contribution in [-0.2, 0) is 24.3 Å². The Labute approximate surface area is 178 Å². The molecule has 0 aliphatic rings. The molecule has 4 nitrogen and oxygen atoms in total. The Hall–Kier alpha value is -3.84. The molecule has 3 aromatic rings. The lowest BCUT2D eigenvalue weighted by Crippen LogP contribution is -2.28. The summed E-state index contributed by atoms with van der Waals surface area (Å²) >= 11 is 0. The number of nitrogens with zero attached hydrogens (tertiary/aromatic N) is 2. The number of benzene rings is 3. The lowest BCUT2D eigenvalue weighted by atomic mass is 10.1. The van der Waals surface area contributed by atoms with Crippen molar-refractivity contribution in [3.05, 3.63) is 119 Å². The van der Waals surface area contributed by atoms with Gasteiger partial charge in [-0.25, -0.2) is 0 Å². The SMILES string of the molecule is N#C/C(=C/N(Cc1ccccc1)Cc1ccccc1)C(=O)NCCc1ccccc1. The number of hydrogen-bond donors (Lipinski definition) is 1. The van der Waals surface area contributed by atoms with Crippen molar-refractivity contribution in [3.63, 3.8) is 0 Å². The van der Waals surface area contributed by atoms with Crippen molar-refractivity contribution in [2.45, 2.75) is 19.5 Å². The first kappa shape index (κ1) is 20.9. The Morgan fingerprint density at radius 2 is 1.27 bits per heavy atom. The molecule has 0 unspecified atom stereocenters. The van der Waals surface area contributed by atoms with Gasteiger partial charge < -0.3 is 10.2 Å². The Morgan fingerprint density at radius 1 is 0.800 bits per heavy atom. The van der Waals surface area contributed by atoms with E-state index in [2.05, 4.69) is 11.4 Å². The van der Waals surface area contributed by atoms with Crippen molar-refractivity contribution in [1.29, 1.82) is 5.26 Å². The molecule has 0 radical (unpaired) electrons. The summed E-state index contributed by atoms with van der Waals surface area (Å²) in [4.78, 5) is 14.6. The molecule has 3 rings (SSSR count). The van der Waals surface area contributed by atoms with Crippen LogP contribution in [0.2, 0.25) is 0 Å². The third-order valence-corrected chi connectivity index (χ3v) is 4.68. The summed E-state index contributed by atoms with van der Waals surface area (Å²) in [6, 6.07) is 32.1. The predicted octanol–water partition coefficient (Wildman–Crippen LogP) is 4.46. The predicted molar refractivity (Wildman–Crippen MR) is 119 cm³/mol. The maximum absolute atomic E-state index is 12.6. The van der Waals surface area contributed by atoms with E-state index in [-0.39, 0.29) is 11.5 Å². The smallest absolute Gasteiger partial charge is 0.263 e. The minimum absolute atomic E-state index is 0.106. The molecule has 30 heavy (non-hydrogen) atoms. The average molecular weight is 396 g/mol. The maximum atomic E-state index is 12.6. The van der Waals surface area contributed by atoms with Crippen LogP contribution < -0.4 is 5.32 Å². The van der Waals surface area contributed by atoms with Crippen molar-refractivity contribution >= 4 is 5.91 Å². The molecule has 4 heteroatoms. The van der Waals surface area contributed by atoms with Gasteiger partial charge in [0.15, 0.2) is 0 Å². The summed E-state index contributed by atoms with van der Waals surface area (Å²) < 4.78 is 0. The van der Waals surface area contributed by atoms with Crippen LogP contribution in [0.15, 0.2) is 103 Å². The van der Waals surface area contributed by atoms with Gasteiger partial charge >= 0.3 is 0 Å². The Bertz CT molecular complexity index is 951. The highest BCUT2D eigenvalue weighted by Gasteiger charge is 2.12. The van der Waals surface area contributed by atoms with E-state index in [1.54, 1.807) is 6.20 Å². The quantitative estimate of drug-likeness (QED) is 0.430. The summed E-state index contributed by atoms with van der Waals surface area (Å²) in [5, 5.41) is 12.4. The number of rotatable bonds is 9. The lowest BCUT2D eigenvalue weighted by Gasteiger charge is -2.21. The highest BCUT2D eigenvalue weighted by molar-refractivity contribution is 5.97. The van der Waals surface area contributed by atoms with E-state index in [4.69, 9.17) is 0 Å². The van der Waals surface area contributed by atoms with Crippen molar-refractivity contribution in [1.82, 2.24) is 10.2 Å². The molecule has 0 bridgehead atoms. The van der Waals surface area contributed by atoms with Crippen LogP contribution in [0.3, 0.4) is 0 Å². The average Bonchev–Trinajstić information content (AvgIpc) is 2.79. The molecule has 0 atom stereocenters. The van der Waals surface area contributed by atoms with Crippen LogP contribution >= 0.6 is 0 Å². The van der Waals surface area contributed by atoms with Crippen LogP contribution in [0.1, 0.15) is 16.7 Å². The Balaban J connectivity index is 1.69. The van der Waals surface area contributed by atoms with Crippen LogP contribution in [0.5, 0.6) is 0 Å². The van der Waals surface area contributed by atoms with E-state index in [0.717, 1.165) is 23.1 Å². The molecule has 0 aromatic heterocycles. The fourth-order valence-corrected chi connectivity index (χ4v) is 3.16. The van der Waals surface area contributed by atoms with Gasteiger partial charge in [-0.15, -0.1) is 0 Å². The topological polar surface area (TPSA) is 56.1 Å². The molecule has 0 saturated heterocycles. The van der Waals surface area contributed by atoms with Gasteiger partial charge in [-0.1, -0.05) is 91.0 Å². The van der Waals surface area contributed by atoms with Crippen molar-refractivity contribution in [3.8, 4) is 6.07 Å². The monoisotopic (exact) mass is 395 g/mol. The largest absolute Gasteiger partial charge is 0.367 e. The second-order valence-electron chi connectivity index (χ2n) is 7.02. The van der Waals surface area contributed by atoms with Crippen LogP contribution in [0.25, 0.3) is 0 Å². The zero-order chi connectivity index (χ0) is 21.0. The maximum Gasteiger partial charge on any atom is 0.263 e. The third kappa shape index (κ3) is 6.65. The number of carbonyl (C=O) groups excluding carboxylic acids is 1. The highest BCUT2D eigenvalue weighted by Crippen LogP contribution is 2.12. The Morgan fingerprint density at radius 3 is 1.73 bits per heavy atom. The van der Waals surface area contributed by atoms with Gasteiger partial charge in [-0.2, -0.15) is 5.26 Å². The van der Waals surface area contributed by atoms with Gasteiger partial charge in [0.25, 0.3) is 5.91 Å². The molecule has 3 aromatic carbocycles. The van der Waals surface area contributed by atoms with Gasteiger partial charge in [0.1, 0.15) is 11.6 Å². The molecule has 0 spiro atoms. The molecule has 0 aliphatic carbocycles. The zero-order valence-corrected chi connectivity index (χ0v) is 16.9. The minimum Gasteiger partial charge on any atom is -0.367 e. The number of amides is 1. The van der Waals surface area contributed by atoms with Gasteiger partial charge in [-0.05, 0) is 23.1 Å². The molecule has 1 N–H and O–H groups in total. The van der Waals surface area contributed by atoms with Crippen molar-refractivity contribution in [2.24, 2.45) is 0 Å². The number of hydrogen-bond acceptors (Lipinski definition) is 3. The molecule has 0 aliphatic heterocycles. The van der Waals surface area contributed by atoms with Gasteiger partial charge in [-0.3, -0.25) is 4.79 Å². The fraction of sp³-hybridized carbons (Fsp3) is 0.154. The number of nitrogens with one attached hydrogen (secondary N) is 1. The zero-order valence-electron chi connectivity index (χ0n) is 16.9. The lowest BCUT2D eigenvalue weighted by molar-refractivity contribution is -0.117. The van der Waals surface area contributed by atoms with Crippen LogP contribution in [-0.4, -0.2) is 17.4 Å². The number of nitriles is 1. The van der Waals surface area contributed by atoms with Gasteiger partial charge in [0, 0.05) is 25.8 Å². The number of carbonyl (C=O) groups is 1. The molecule has 150 valence electrons. The fourth-order valence-electron chi connectivity index (χ4n) is 3.16. The molecule has 0 saturated carbocycles. The summed E-state index contributed by atoms with van der Waals surface area (Å²) in [5.41, 5.74) is 3.49. The first-order valence-electron chi connectivity index (χ1n) is 10.0. The second-order valence-corrected chi connectivity index (χ2v) is 7.02. The van der Waals surface area contributed by atoms with E-state index in [0.29, 0.717) is 19.6 Å². The summed E-state index contributed by atoms with van der Waals surface area (Å²) in [5.74, 6) is -0.348.